The maximum absolute atomic E-state index is 12.1. The molecule has 18 heavy (non-hydrogen) atoms. The van der Waals surface area contributed by atoms with Crippen molar-refractivity contribution in [2.45, 2.75) is 26.2 Å². The number of carboxylic acid groups (broad SMARTS) is 1. The molecule has 1 rings (SSSR count). The van der Waals surface area contributed by atoms with E-state index in [1.165, 1.54) is 4.90 Å². The molecule has 0 aromatic carbocycles. The lowest BCUT2D eigenvalue weighted by molar-refractivity contribution is -0.137. The minimum atomic E-state index is -0.992. The summed E-state index contributed by atoms with van der Waals surface area (Å²) in [5.41, 5.74) is 0. The highest BCUT2D eigenvalue weighted by atomic mass is 16.4. The Morgan fingerprint density at radius 3 is 2.72 bits per heavy atom. The molecule has 0 aromatic rings. The van der Waals surface area contributed by atoms with Gasteiger partial charge in [-0.1, -0.05) is 0 Å². The molecule has 0 aliphatic carbocycles. The number of aliphatic hydroxyl groups excluding tert-OH is 1. The highest BCUT2D eigenvalue weighted by Crippen LogP contribution is 2.20. The molecule has 1 unspecified atom stereocenters. The fourth-order valence-electron chi connectivity index (χ4n) is 2.33. The second kappa shape index (κ2) is 7.20. The van der Waals surface area contributed by atoms with Crippen molar-refractivity contribution in [1.82, 2.24) is 9.80 Å². The average molecular weight is 258 g/mol. The molecule has 0 bridgehead atoms. The lowest BCUT2D eigenvalue weighted by Gasteiger charge is -2.35. The van der Waals surface area contributed by atoms with E-state index in [0.29, 0.717) is 32.0 Å². The molecule has 1 heterocycles. The Morgan fingerprint density at radius 2 is 2.17 bits per heavy atom. The van der Waals surface area contributed by atoms with Crippen molar-refractivity contribution in [2.24, 2.45) is 5.92 Å². The monoisotopic (exact) mass is 258 g/mol. The van der Waals surface area contributed by atoms with Crippen molar-refractivity contribution in [3.8, 4) is 0 Å². The van der Waals surface area contributed by atoms with Crippen molar-refractivity contribution >= 4 is 12.0 Å². The van der Waals surface area contributed by atoms with Gasteiger partial charge in [-0.05, 0) is 32.1 Å². The van der Waals surface area contributed by atoms with Crippen LogP contribution in [0.1, 0.15) is 26.2 Å². The second-order valence-corrected chi connectivity index (χ2v) is 4.66. The van der Waals surface area contributed by atoms with Gasteiger partial charge in [0, 0.05) is 26.2 Å². The summed E-state index contributed by atoms with van der Waals surface area (Å²) in [5, 5.41) is 17.7. The van der Waals surface area contributed by atoms with Crippen molar-refractivity contribution in [3.05, 3.63) is 0 Å². The van der Waals surface area contributed by atoms with Gasteiger partial charge in [0.05, 0.1) is 0 Å². The molecule has 0 radical (unpaired) electrons. The Labute approximate surface area is 107 Å². The van der Waals surface area contributed by atoms with Crippen molar-refractivity contribution in [1.29, 1.82) is 0 Å². The molecular weight excluding hydrogens is 236 g/mol. The zero-order valence-electron chi connectivity index (χ0n) is 10.8. The summed E-state index contributed by atoms with van der Waals surface area (Å²) in [6.45, 7) is 3.35. The molecule has 2 N–H and O–H groups in total. The third kappa shape index (κ3) is 4.18. The first-order chi connectivity index (χ1) is 8.58. The Hall–Kier alpha value is -1.30. The Kier molecular flexibility index (Phi) is 5.91. The molecule has 1 saturated heterocycles. The van der Waals surface area contributed by atoms with Crippen molar-refractivity contribution < 1.29 is 19.8 Å². The fraction of sp³-hybridized carbons (Fsp3) is 0.833. The number of likely N-dealkylation sites (N-methyl/N-ethyl adjacent to an activating group) is 1. The number of urea groups is 1. The van der Waals surface area contributed by atoms with Gasteiger partial charge in [-0.25, -0.2) is 4.79 Å². The van der Waals surface area contributed by atoms with Crippen LogP contribution in [0.25, 0.3) is 0 Å². The first-order valence-corrected chi connectivity index (χ1v) is 6.45. The number of rotatable bonds is 5. The number of carbonyl (C=O) groups is 2. The summed E-state index contributed by atoms with van der Waals surface area (Å²) < 4.78 is 0. The smallest absolute Gasteiger partial charge is 0.323 e. The molecule has 0 spiro atoms. The summed E-state index contributed by atoms with van der Waals surface area (Å²) in [6, 6.07) is -0.206. The van der Waals surface area contributed by atoms with E-state index in [2.05, 4.69) is 0 Å². The maximum Gasteiger partial charge on any atom is 0.323 e. The van der Waals surface area contributed by atoms with Gasteiger partial charge in [-0.2, -0.15) is 0 Å². The van der Waals surface area contributed by atoms with E-state index >= 15 is 0 Å². The molecule has 1 fully saturated rings. The van der Waals surface area contributed by atoms with Crippen LogP contribution < -0.4 is 0 Å². The number of likely N-dealkylation sites (tertiary alicyclic amines) is 1. The molecule has 6 heteroatoms. The van der Waals surface area contributed by atoms with Crippen LogP contribution in [0.2, 0.25) is 0 Å². The number of hydrogen-bond donors (Lipinski definition) is 2. The van der Waals surface area contributed by atoms with Crippen molar-refractivity contribution in [3.63, 3.8) is 0 Å². The molecule has 1 aliphatic heterocycles. The predicted octanol–water partition coefficient (Wildman–Crippen LogP) is 0.607. The quantitative estimate of drug-likeness (QED) is 0.757. The molecule has 6 nitrogen and oxygen atoms in total. The zero-order chi connectivity index (χ0) is 13.5. The van der Waals surface area contributed by atoms with Gasteiger partial charge in [-0.3, -0.25) is 4.79 Å². The molecular formula is C12H22N2O4. The van der Waals surface area contributed by atoms with Gasteiger partial charge >= 0.3 is 12.0 Å². The number of aliphatic hydroxyl groups is 1. The standard InChI is InChI=1S/C12H22N2O4/c1-2-13(9-11(16)17)12(18)14-6-3-4-10(8-14)5-7-15/h10,15H,2-9H2,1H3,(H,16,17). The van der Waals surface area contributed by atoms with Gasteiger partial charge in [0.2, 0.25) is 0 Å². The number of amides is 2. The minimum absolute atomic E-state index is 0.138. The number of carbonyl (C=O) groups excluding carboxylic acids is 1. The number of carboxylic acids is 1. The van der Waals surface area contributed by atoms with E-state index in [0.717, 1.165) is 12.8 Å². The molecule has 0 aromatic heterocycles. The van der Waals surface area contributed by atoms with Gasteiger partial charge < -0.3 is 20.0 Å². The first kappa shape index (κ1) is 14.8. The van der Waals surface area contributed by atoms with Gasteiger partial charge in [-0.15, -0.1) is 0 Å². The number of nitrogens with zero attached hydrogens (tertiary/aromatic N) is 2. The van der Waals surface area contributed by atoms with Gasteiger partial charge in [0.25, 0.3) is 0 Å². The second-order valence-electron chi connectivity index (χ2n) is 4.66. The van der Waals surface area contributed by atoms with Crippen LogP contribution in [0.4, 0.5) is 4.79 Å². The lowest BCUT2D eigenvalue weighted by Crippen LogP contribution is -2.49. The SMILES string of the molecule is CCN(CC(=O)O)C(=O)N1CCCC(CCO)C1. The van der Waals surface area contributed by atoms with Crippen LogP contribution >= 0.6 is 0 Å². The summed E-state index contributed by atoms with van der Waals surface area (Å²) in [5.74, 6) is -0.662. The summed E-state index contributed by atoms with van der Waals surface area (Å²) in [7, 11) is 0. The summed E-state index contributed by atoms with van der Waals surface area (Å²) in [4.78, 5) is 25.9. The highest BCUT2D eigenvalue weighted by Gasteiger charge is 2.27. The van der Waals surface area contributed by atoms with E-state index < -0.39 is 5.97 Å². The Morgan fingerprint density at radius 1 is 1.44 bits per heavy atom. The number of piperidine rings is 1. The van der Waals surface area contributed by atoms with Crippen molar-refractivity contribution in [2.75, 3.05) is 32.8 Å². The van der Waals surface area contributed by atoms with E-state index in [-0.39, 0.29) is 19.2 Å². The average Bonchev–Trinajstić information content (AvgIpc) is 2.35. The third-order valence-corrected chi connectivity index (χ3v) is 3.31. The van der Waals surface area contributed by atoms with Crippen LogP contribution in [-0.4, -0.2) is 64.8 Å². The largest absolute Gasteiger partial charge is 0.480 e. The van der Waals surface area contributed by atoms with Crippen LogP contribution in [0, 0.1) is 5.92 Å². The summed E-state index contributed by atoms with van der Waals surface area (Å²) in [6.07, 6.45) is 2.64. The fourth-order valence-corrected chi connectivity index (χ4v) is 2.33. The Bertz CT molecular complexity index is 294. The maximum atomic E-state index is 12.1. The highest BCUT2D eigenvalue weighted by molar-refractivity contribution is 5.80. The number of hydrogen-bond acceptors (Lipinski definition) is 3. The van der Waals surface area contributed by atoms with Gasteiger partial charge in [0.15, 0.2) is 0 Å². The molecule has 1 atom stereocenters. The van der Waals surface area contributed by atoms with Crippen LogP contribution in [-0.2, 0) is 4.79 Å². The first-order valence-electron chi connectivity index (χ1n) is 6.45. The lowest BCUT2D eigenvalue weighted by atomic mass is 9.95. The van der Waals surface area contributed by atoms with E-state index in [9.17, 15) is 9.59 Å². The molecule has 1 aliphatic rings. The van der Waals surface area contributed by atoms with Crippen LogP contribution in [0.3, 0.4) is 0 Å². The van der Waals surface area contributed by atoms with Gasteiger partial charge in [0.1, 0.15) is 6.54 Å². The minimum Gasteiger partial charge on any atom is -0.480 e. The predicted molar refractivity (Wildman–Crippen MR) is 66.3 cm³/mol. The summed E-state index contributed by atoms with van der Waals surface area (Å²) >= 11 is 0. The van der Waals surface area contributed by atoms with Crippen LogP contribution in [0.15, 0.2) is 0 Å². The number of aliphatic carboxylic acids is 1. The Balaban J connectivity index is 2.55. The third-order valence-electron chi connectivity index (χ3n) is 3.31. The molecule has 104 valence electrons. The van der Waals surface area contributed by atoms with E-state index in [4.69, 9.17) is 10.2 Å². The molecule has 2 amide bonds. The topological polar surface area (TPSA) is 81.1 Å². The zero-order valence-corrected chi connectivity index (χ0v) is 10.8. The molecule has 0 saturated carbocycles. The van der Waals surface area contributed by atoms with E-state index in [1.807, 2.05) is 0 Å². The van der Waals surface area contributed by atoms with E-state index in [1.54, 1.807) is 11.8 Å². The normalized spacial score (nSPS) is 19.7. The van der Waals surface area contributed by atoms with Crippen LogP contribution in [0.5, 0.6) is 0 Å².